The molecule has 6 unspecified atom stereocenters. The van der Waals surface area contributed by atoms with Crippen LogP contribution in [0, 0.1) is 0 Å². The Morgan fingerprint density at radius 3 is 1.23 bits per heavy atom. The van der Waals surface area contributed by atoms with E-state index in [2.05, 4.69) is 13.8 Å². The van der Waals surface area contributed by atoms with Crippen molar-refractivity contribution in [1.29, 1.82) is 0 Å². The summed E-state index contributed by atoms with van der Waals surface area (Å²) in [7, 11) is 0. The van der Waals surface area contributed by atoms with Gasteiger partial charge >= 0.3 is 0 Å². The largest absolute Gasteiger partial charge is 0.394 e. The van der Waals surface area contributed by atoms with Crippen molar-refractivity contribution in [2.45, 2.75) is 235 Å². The van der Waals surface area contributed by atoms with Gasteiger partial charge in [-0.1, -0.05) is 216 Å². The van der Waals surface area contributed by atoms with Crippen LogP contribution in [0.5, 0.6) is 0 Å². The van der Waals surface area contributed by atoms with E-state index in [1.165, 1.54) is 161 Å². The molecule has 0 aromatic heterocycles. The minimum absolute atomic E-state index is 0.125. The van der Waals surface area contributed by atoms with Crippen molar-refractivity contribution in [3.63, 3.8) is 0 Å². The Hall–Kier alpha value is 0.550. The van der Waals surface area contributed by atoms with Gasteiger partial charge in [-0.05, 0) is 12.8 Å². The molecule has 0 radical (unpaired) electrons. The summed E-state index contributed by atoms with van der Waals surface area (Å²) in [5, 5.41) is 40.0. The highest BCUT2D eigenvalue weighted by molar-refractivity contribution is 6.63. The van der Waals surface area contributed by atoms with Gasteiger partial charge in [0.2, 0.25) is 0 Å². The van der Waals surface area contributed by atoms with E-state index in [0.717, 1.165) is 19.3 Å². The van der Waals surface area contributed by atoms with Crippen molar-refractivity contribution in [2.75, 3.05) is 33.0 Å². The fraction of sp³-hybridized carbons (Fsp3) is 1.00. The van der Waals surface area contributed by atoms with Crippen molar-refractivity contribution in [3.05, 3.63) is 0 Å². The maximum absolute atomic E-state index is 10.4. The van der Waals surface area contributed by atoms with Gasteiger partial charge in [0.15, 0.2) is 10.6 Å². The van der Waals surface area contributed by atoms with Crippen LogP contribution in [-0.4, -0.2) is 94.6 Å². The summed E-state index contributed by atoms with van der Waals surface area (Å²) in [5.74, 6) is 0. The lowest BCUT2D eigenvalue weighted by Crippen LogP contribution is -2.59. The van der Waals surface area contributed by atoms with E-state index in [-0.39, 0.29) is 12.7 Å². The van der Waals surface area contributed by atoms with Gasteiger partial charge in [-0.15, -0.1) is 0 Å². The van der Waals surface area contributed by atoms with Crippen molar-refractivity contribution < 1.29 is 39.4 Å². The molecule has 11 heteroatoms. The summed E-state index contributed by atoms with van der Waals surface area (Å²) >= 11 is 14.4. The van der Waals surface area contributed by atoms with Crippen LogP contribution in [-0.2, 0) is 18.9 Å². The SMILES string of the molecule is CCCCCCCCCCCCCCCCOCC(COC1OC(CO)C(O)C(O)C1O)OCCCCCCCCCCCCCCCC.ClC(Cl)Cl. The maximum Gasteiger partial charge on any atom is 0.186 e. The summed E-state index contributed by atoms with van der Waals surface area (Å²) in [6.45, 7) is 5.87. The van der Waals surface area contributed by atoms with E-state index in [4.69, 9.17) is 53.8 Å². The van der Waals surface area contributed by atoms with Gasteiger partial charge in [-0.2, -0.15) is 0 Å². The van der Waals surface area contributed by atoms with Crippen LogP contribution in [0.4, 0.5) is 0 Å². The van der Waals surface area contributed by atoms with Gasteiger partial charge in [0.25, 0.3) is 0 Å². The van der Waals surface area contributed by atoms with Crippen LogP contribution in [0.3, 0.4) is 0 Å². The highest BCUT2D eigenvalue weighted by Crippen LogP contribution is 2.22. The first kappa shape index (κ1) is 53.6. The lowest BCUT2D eigenvalue weighted by atomic mass is 9.99. The fourth-order valence-electron chi connectivity index (χ4n) is 6.71. The molecule has 0 aromatic rings. The number of aliphatic hydroxyl groups excluding tert-OH is 4. The van der Waals surface area contributed by atoms with Crippen LogP contribution in [0.25, 0.3) is 0 Å². The third-order valence-corrected chi connectivity index (χ3v) is 10.1. The molecule has 1 saturated heterocycles. The van der Waals surface area contributed by atoms with Gasteiger partial charge in [0.05, 0.1) is 19.8 Å². The van der Waals surface area contributed by atoms with Gasteiger partial charge in [-0.3, -0.25) is 0 Å². The Kier molecular flexibility index (Phi) is 41.2. The first-order valence-corrected chi connectivity index (χ1v) is 23.1. The fourth-order valence-corrected chi connectivity index (χ4v) is 6.71. The lowest BCUT2D eigenvalue weighted by molar-refractivity contribution is -0.306. The van der Waals surface area contributed by atoms with Gasteiger partial charge in [0.1, 0.15) is 30.5 Å². The topological polar surface area (TPSA) is 118 Å². The van der Waals surface area contributed by atoms with Gasteiger partial charge in [0, 0.05) is 13.2 Å². The van der Waals surface area contributed by atoms with E-state index in [1.54, 1.807) is 0 Å². The van der Waals surface area contributed by atoms with E-state index >= 15 is 0 Å². The van der Waals surface area contributed by atoms with Crippen molar-refractivity contribution in [3.8, 4) is 0 Å². The first-order chi connectivity index (χ1) is 25.8. The quantitative estimate of drug-likeness (QED) is 0.0361. The number of halogens is 3. The van der Waals surface area contributed by atoms with E-state index in [0.29, 0.717) is 19.8 Å². The van der Waals surface area contributed by atoms with Crippen molar-refractivity contribution in [2.24, 2.45) is 0 Å². The monoisotopic (exact) mass is 821 g/mol. The van der Waals surface area contributed by atoms with Crippen LogP contribution in [0.15, 0.2) is 0 Å². The van der Waals surface area contributed by atoms with Gasteiger partial charge < -0.3 is 39.4 Å². The second kappa shape index (κ2) is 40.7. The Balaban J connectivity index is 0.00000640. The molecule has 53 heavy (non-hydrogen) atoms. The minimum Gasteiger partial charge on any atom is -0.394 e. The molecule has 320 valence electrons. The summed E-state index contributed by atoms with van der Waals surface area (Å²) in [6, 6.07) is 0. The molecule has 0 aliphatic carbocycles. The van der Waals surface area contributed by atoms with E-state index < -0.39 is 41.6 Å². The first-order valence-electron chi connectivity index (χ1n) is 21.8. The molecule has 1 aliphatic heterocycles. The van der Waals surface area contributed by atoms with Crippen LogP contribution >= 0.6 is 34.8 Å². The van der Waals surface area contributed by atoms with Crippen LogP contribution in [0.1, 0.15) is 194 Å². The molecule has 0 amide bonds. The molecule has 0 aromatic carbocycles. The molecule has 0 bridgehead atoms. The normalized spacial score (nSPS) is 20.8. The van der Waals surface area contributed by atoms with E-state index in [1.807, 2.05) is 0 Å². The zero-order valence-electron chi connectivity index (χ0n) is 33.9. The highest BCUT2D eigenvalue weighted by atomic mass is 35.6. The Morgan fingerprint density at radius 2 is 0.849 bits per heavy atom. The Morgan fingerprint density at radius 1 is 0.491 bits per heavy atom. The second-order valence-electron chi connectivity index (χ2n) is 15.0. The smallest absolute Gasteiger partial charge is 0.186 e. The van der Waals surface area contributed by atoms with Crippen molar-refractivity contribution >= 4 is 34.8 Å². The standard InChI is InChI=1S/C41H82O8.CHCl3/c1-3-5-7-9-11-13-15-17-19-21-23-25-27-29-31-46-34-36(35-48-41-40(45)39(44)38(43)37(33-42)49-41)47-32-30-28-26-24-22-20-18-16-14-12-10-8-6-4-2;2-1(3)4/h36-45H,3-35H2,1-2H3;1H. The summed E-state index contributed by atoms with van der Waals surface area (Å²) in [6.07, 6.45) is 30.1. The molecular formula is C42H83Cl3O8. The third-order valence-electron chi connectivity index (χ3n) is 10.1. The number of hydrogen-bond donors (Lipinski definition) is 4. The molecule has 1 fully saturated rings. The number of ether oxygens (including phenoxy) is 4. The predicted octanol–water partition coefficient (Wildman–Crippen LogP) is 11.2. The Bertz CT molecular complexity index is 721. The molecular weight excluding hydrogens is 739 g/mol. The lowest BCUT2D eigenvalue weighted by Gasteiger charge is -2.39. The van der Waals surface area contributed by atoms with E-state index in [9.17, 15) is 20.4 Å². The molecule has 0 saturated carbocycles. The van der Waals surface area contributed by atoms with Gasteiger partial charge in [-0.25, -0.2) is 0 Å². The number of alkyl halides is 3. The summed E-state index contributed by atoms with van der Waals surface area (Å²) in [5.41, 5.74) is 0. The third kappa shape index (κ3) is 34.3. The average Bonchev–Trinajstić information content (AvgIpc) is 3.14. The zero-order chi connectivity index (χ0) is 39.2. The highest BCUT2D eigenvalue weighted by Gasteiger charge is 2.44. The predicted molar refractivity (Wildman–Crippen MR) is 222 cm³/mol. The number of unbranched alkanes of at least 4 members (excludes halogenated alkanes) is 26. The maximum atomic E-state index is 10.4. The average molecular weight is 822 g/mol. The zero-order valence-corrected chi connectivity index (χ0v) is 36.2. The molecule has 0 spiro atoms. The minimum atomic E-state index is -1.46. The Labute approximate surface area is 340 Å². The van der Waals surface area contributed by atoms with Crippen LogP contribution < -0.4 is 0 Å². The summed E-state index contributed by atoms with van der Waals surface area (Å²) < 4.78 is 22.7. The molecule has 1 rings (SSSR count). The van der Waals surface area contributed by atoms with Crippen molar-refractivity contribution in [1.82, 2.24) is 0 Å². The number of aliphatic hydroxyl groups is 4. The molecule has 8 nitrogen and oxygen atoms in total. The second-order valence-corrected chi connectivity index (χ2v) is 17.0. The molecule has 4 N–H and O–H groups in total. The summed E-state index contributed by atoms with van der Waals surface area (Å²) in [4.78, 5) is 0. The molecule has 1 aliphatic rings. The van der Waals surface area contributed by atoms with Crippen LogP contribution in [0.2, 0.25) is 0 Å². The number of hydrogen-bond acceptors (Lipinski definition) is 8. The molecule has 1 heterocycles. The molecule has 6 atom stereocenters. The number of rotatable bonds is 37.